The fraction of sp³-hybridized carbons (Fsp3) is 0.167. The van der Waals surface area contributed by atoms with Gasteiger partial charge in [-0.05, 0) is 32.0 Å². The number of aromatic nitrogens is 5. The first-order chi connectivity index (χ1) is 12.6. The van der Waals surface area contributed by atoms with Gasteiger partial charge in [0.1, 0.15) is 17.8 Å². The van der Waals surface area contributed by atoms with E-state index in [1.165, 1.54) is 6.33 Å². The van der Waals surface area contributed by atoms with E-state index in [4.69, 9.17) is 4.52 Å². The SMILES string of the molecule is Cc1cc(C)n(-c2cc(NC(=O)Cc3noc4ccccc34)ncn2)n1. The number of nitrogens with one attached hydrogen (secondary N) is 1. The largest absolute Gasteiger partial charge is 0.356 e. The van der Waals surface area contributed by atoms with Gasteiger partial charge in [-0.2, -0.15) is 5.10 Å². The van der Waals surface area contributed by atoms with Crippen molar-refractivity contribution in [2.45, 2.75) is 20.3 Å². The molecule has 0 spiro atoms. The zero-order valence-electron chi connectivity index (χ0n) is 14.3. The van der Waals surface area contributed by atoms with E-state index in [2.05, 4.69) is 25.5 Å². The standard InChI is InChI=1S/C18H16N6O2/c1-11-7-12(2)24(22-11)17-9-16(19-10-20-17)21-18(25)8-14-13-5-3-4-6-15(13)26-23-14/h3-7,9-10H,8H2,1-2H3,(H,19,20,21,25). The fourth-order valence-electron chi connectivity index (χ4n) is 2.80. The molecule has 0 aliphatic carbocycles. The monoisotopic (exact) mass is 348 g/mol. The minimum absolute atomic E-state index is 0.0935. The fourth-order valence-corrected chi connectivity index (χ4v) is 2.80. The molecule has 3 aromatic heterocycles. The molecule has 0 atom stereocenters. The van der Waals surface area contributed by atoms with Crippen LogP contribution in [0.3, 0.4) is 0 Å². The average Bonchev–Trinajstić information content (AvgIpc) is 3.18. The number of carbonyl (C=O) groups excluding carboxylic acids is 1. The van der Waals surface area contributed by atoms with Crippen molar-refractivity contribution in [1.29, 1.82) is 0 Å². The minimum atomic E-state index is -0.234. The summed E-state index contributed by atoms with van der Waals surface area (Å²) in [5, 5.41) is 12.0. The Bertz CT molecular complexity index is 1100. The molecule has 0 fully saturated rings. The smallest absolute Gasteiger partial charge is 0.231 e. The van der Waals surface area contributed by atoms with Crippen LogP contribution in [0.25, 0.3) is 16.8 Å². The van der Waals surface area contributed by atoms with Crippen molar-refractivity contribution in [2.24, 2.45) is 0 Å². The third-order valence-corrected chi connectivity index (χ3v) is 3.93. The number of fused-ring (bicyclic) bond motifs is 1. The zero-order valence-corrected chi connectivity index (χ0v) is 14.3. The van der Waals surface area contributed by atoms with Crippen molar-refractivity contribution in [2.75, 3.05) is 5.32 Å². The van der Waals surface area contributed by atoms with Gasteiger partial charge < -0.3 is 9.84 Å². The maximum absolute atomic E-state index is 12.4. The summed E-state index contributed by atoms with van der Waals surface area (Å²) in [6, 6.07) is 11.1. The first-order valence-electron chi connectivity index (χ1n) is 8.09. The first kappa shape index (κ1) is 15.9. The highest BCUT2D eigenvalue weighted by Crippen LogP contribution is 2.19. The van der Waals surface area contributed by atoms with Crippen molar-refractivity contribution in [1.82, 2.24) is 24.9 Å². The summed E-state index contributed by atoms with van der Waals surface area (Å²) < 4.78 is 6.93. The molecule has 0 saturated carbocycles. The van der Waals surface area contributed by atoms with Crippen LogP contribution in [0.4, 0.5) is 5.82 Å². The lowest BCUT2D eigenvalue weighted by Gasteiger charge is -2.06. The maximum atomic E-state index is 12.4. The molecule has 0 radical (unpaired) electrons. The van der Waals surface area contributed by atoms with Crippen LogP contribution in [0, 0.1) is 13.8 Å². The van der Waals surface area contributed by atoms with E-state index in [0.29, 0.717) is 22.9 Å². The Morgan fingerprint density at radius 2 is 2.04 bits per heavy atom. The zero-order chi connectivity index (χ0) is 18.1. The number of nitrogens with zero attached hydrogens (tertiary/aromatic N) is 5. The third kappa shape index (κ3) is 3.04. The van der Waals surface area contributed by atoms with Crippen molar-refractivity contribution in [3.8, 4) is 5.82 Å². The lowest BCUT2D eigenvalue weighted by atomic mass is 10.1. The summed E-state index contributed by atoms with van der Waals surface area (Å²) >= 11 is 0. The Balaban J connectivity index is 1.53. The van der Waals surface area contributed by atoms with Crippen molar-refractivity contribution < 1.29 is 9.32 Å². The van der Waals surface area contributed by atoms with Gasteiger partial charge in [-0.3, -0.25) is 4.79 Å². The molecule has 0 bridgehead atoms. The van der Waals surface area contributed by atoms with E-state index >= 15 is 0 Å². The predicted octanol–water partition coefficient (Wildman–Crippen LogP) is 2.60. The first-order valence-corrected chi connectivity index (χ1v) is 8.09. The Morgan fingerprint density at radius 3 is 2.85 bits per heavy atom. The van der Waals surface area contributed by atoms with Crippen LogP contribution in [0.2, 0.25) is 0 Å². The second-order valence-corrected chi connectivity index (χ2v) is 5.95. The molecule has 0 saturated heterocycles. The molecule has 4 rings (SSSR count). The lowest BCUT2D eigenvalue weighted by molar-refractivity contribution is -0.115. The van der Waals surface area contributed by atoms with Gasteiger partial charge in [0, 0.05) is 17.1 Å². The second-order valence-electron chi connectivity index (χ2n) is 5.95. The van der Waals surface area contributed by atoms with Gasteiger partial charge >= 0.3 is 0 Å². The summed E-state index contributed by atoms with van der Waals surface area (Å²) in [6.45, 7) is 3.85. The van der Waals surface area contributed by atoms with Crippen LogP contribution >= 0.6 is 0 Å². The molecule has 4 aromatic rings. The Hall–Kier alpha value is -3.55. The van der Waals surface area contributed by atoms with Gasteiger partial charge in [-0.15, -0.1) is 0 Å². The van der Waals surface area contributed by atoms with Crippen LogP contribution in [0.5, 0.6) is 0 Å². The van der Waals surface area contributed by atoms with E-state index < -0.39 is 0 Å². The van der Waals surface area contributed by atoms with E-state index in [0.717, 1.165) is 16.8 Å². The summed E-state index contributed by atoms with van der Waals surface area (Å²) in [6.07, 6.45) is 1.49. The molecular formula is C18H16N6O2. The molecule has 1 aromatic carbocycles. The summed E-state index contributed by atoms with van der Waals surface area (Å²) in [5.74, 6) is 0.759. The molecule has 0 aliphatic rings. The molecule has 1 N–H and O–H groups in total. The second kappa shape index (κ2) is 6.40. The van der Waals surface area contributed by atoms with Crippen LogP contribution in [-0.4, -0.2) is 30.8 Å². The van der Waals surface area contributed by atoms with Crippen molar-refractivity contribution >= 4 is 22.7 Å². The van der Waals surface area contributed by atoms with E-state index in [1.54, 1.807) is 10.7 Å². The number of hydrogen-bond donors (Lipinski definition) is 1. The molecule has 3 heterocycles. The van der Waals surface area contributed by atoms with Crippen LogP contribution in [0.15, 0.2) is 47.2 Å². The van der Waals surface area contributed by atoms with Crippen LogP contribution in [-0.2, 0) is 11.2 Å². The molecule has 8 heteroatoms. The molecule has 0 aliphatic heterocycles. The number of benzene rings is 1. The molecule has 0 unspecified atom stereocenters. The molecule has 1 amide bonds. The number of para-hydroxylation sites is 1. The van der Waals surface area contributed by atoms with E-state index in [9.17, 15) is 4.79 Å². The van der Waals surface area contributed by atoms with Gasteiger partial charge in [0.2, 0.25) is 5.91 Å². The summed E-state index contributed by atoms with van der Waals surface area (Å²) in [5.41, 5.74) is 3.09. The third-order valence-electron chi connectivity index (χ3n) is 3.93. The van der Waals surface area contributed by atoms with Crippen molar-refractivity contribution in [3.05, 3.63) is 59.8 Å². The van der Waals surface area contributed by atoms with Gasteiger partial charge in [0.25, 0.3) is 0 Å². The highest BCUT2D eigenvalue weighted by atomic mass is 16.5. The quantitative estimate of drug-likeness (QED) is 0.609. The number of carbonyl (C=O) groups is 1. The number of anilines is 1. The molecular weight excluding hydrogens is 332 g/mol. The van der Waals surface area contributed by atoms with E-state index in [1.807, 2.05) is 44.2 Å². The summed E-state index contributed by atoms with van der Waals surface area (Å²) in [7, 11) is 0. The van der Waals surface area contributed by atoms with Gasteiger partial charge in [-0.1, -0.05) is 17.3 Å². The maximum Gasteiger partial charge on any atom is 0.231 e. The molecule has 130 valence electrons. The average molecular weight is 348 g/mol. The predicted molar refractivity (Wildman–Crippen MR) is 95.0 cm³/mol. The van der Waals surface area contributed by atoms with Crippen LogP contribution < -0.4 is 5.32 Å². The van der Waals surface area contributed by atoms with Gasteiger partial charge in [-0.25, -0.2) is 14.6 Å². The van der Waals surface area contributed by atoms with Gasteiger partial charge in [0.05, 0.1) is 12.1 Å². The molecule has 26 heavy (non-hydrogen) atoms. The summed E-state index contributed by atoms with van der Waals surface area (Å²) in [4.78, 5) is 20.7. The Kier molecular flexibility index (Phi) is 3.92. The van der Waals surface area contributed by atoms with Crippen LogP contribution in [0.1, 0.15) is 17.1 Å². The highest BCUT2D eigenvalue weighted by molar-refractivity contribution is 5.94. The normalized spacial score (nSPS) is 11.0. The topological polar surface area (TPSA) is 98.7 Å². The van der Waals surface area contributed by atoms with E-state index in [-0.39, 0.29) is 12.3 Å². The minimum Gasteiger partial charge on any atom is -0.356 e. The highest BCUT2D eigenvalue weighted by Gasteiger charge is 2.13. The molecule has 8 nitrogen and oxygen atoms in total. The lowest BCUT2D eigenvalue weighted by Crippen LogP contribution is -2.16. The Labute approximate surface area is 148 Å². The number of amides is 1. The Morgan fingerprint density at radius 1 is 1.19 bits per heavy atom. The number of aryl methyl sites for hydroxylation is 2. The van der Waals surface area contributed by atoms with Gasteiger partial charge in [0.15, 0.2) is 11.4 Å². The van der Waals surface area contributed by atoms with Crippen molar-refractivity contribution in [3.63, 3.8) is 0 Å². The number of hydrogen-bond acceptors (Lipinski definition) is 6. The number of rotatable bonds is 4.